The molecule has 2 aromatic rings. The number of aryl methyl sites for hydroxylation is 1. The highest BCUT2D eigenvalue weighted by Crippen LogP contribution is 2.39. The molecule has 1 aliphatic carbocycles. The van der Waals surface area contributed by atoms with Crippen LogP contribution in [0, 0.1) is 0 Å². The second-order valence-electron chi connectivity index (χ2n) is 5.63. The van der Waals surface area contributed by atoms with Gasteiger partial charge in [-0.3, -0.25) is 4.79 Å². The molecule has 0 N–H and O–H groups in total. The third-order valence-corrected chi connectivity index (χ3v) is 4.18. The predicted molar refractivity (Wildman–Crippen MR) is 84.1 cm³/mol. The maximum absolute atomic E-state index is 10.4. The van der Waals surface area contributed by atoms with Crippen LogP contribution in [0.3, 0.4) is 0 Å². The second kappa shape index (κ2) is 6.13. The normalized spacial score (nSPS) is 11.9. The molecule has 0 fully saturated rings. The number of ether oxygens (including phenoxy) is 1. The van der Waals surface area contributed by atoms with Crippen LogP contribution in [0.2, 0.25) is 0 Å². The number of fused-ring (bicyclic) bond motifs is 3. The Morgan fingerprint density at radius 2 is 2.10 bits per heavy atom. The van der Waals surface area contributed by atoms with Gasteiger partial charge in [0.15, 0.2) is 0 Å². The number of carbonyl (C=O) groups excluding carboxylic acids is 1. The molecule has 0 unspecified atom stereocenters. The Kier molecular flexibility index (Phi) is 4.05. The average molecular weight is 280 g/mol. The van der Waals surface area contributed by atoms with Crippen LogP contribution in [0.15, 0.2) is 36.4 Å². The first-order valence-electron chi connectivity index (χ1n) is 7.61. The molecule has 0 amide bonds. The van der Waals surface area contributed by atoms with E-state index in [4.69, 9.17) is 4.74 Å². The summed E-state index contributed by atoms with van der Waals surface area (Å²) in [6, 6.07) is 13.1. The monoisotopic (exact) mass is 280 g/mol. The molecule has 0 spiro atoms. The largest absolute Gasteiger partial charge is 0.463 e. The minimum atomic E-state index is 0.351. The summed E-state index contributed by atoms with van der Waals surface area (Å²) < 4.78 is 4.96. The Morgan fingerprint density at radius 1 is 1.19 bits per heavy atom. The average Bonchev–Trinajstić information content (AvgIpc) is 2.89. The quantitative estimate of drug-likeness (QED) is 0.630. The van der Waals surface area contributed by atoms with E-state index in [0.29, 0.717) is 13.1 Å². The van der Waals surface area contributed by atoms with Crippen molar-refractivity contribution in [1.29, 1.82) is 0 Å². The summed E-state index contributed by atoms with van der Waals surface area (Å²) in [5.41, 5.74) is 7.82. The van der Waals surface area contributed by atoms with E-state index >= 15 is 0 Å². The van der Waals surface area contributed by atoms with Crippen LogP contribution in [-0.4, -0.2) is 6.47 Å². The summed E-state index contributed by atoms with van der Waals surface area (Å²) in [5.74, 6) is 0. The lowest BCUT2D eigenvalue weighted by Crippen LogP contribution is -1.94. The van der Waals surface area contributed by atoms with Crippen molar-refractivity contribution in [2.24, 2.45) is 0 Å². The van der Waals surface area contributed by atoms with Gasteiger partial charge < -0.3 is 4.74 Å². The molecule has 0 aliphatic heterocycles. The Morgan fingerprint density at radius 3 is 2.90 bits per heavy atom. The number of benzene rings is 2. The zero-order valence-electron chi connectivity index (χ0n) is 12.4. The van der Waals surface area contributed by atoms with Crippen molar-refractivity contribution in [2.75, 3.05) is 0 Å². The molecule has 1 aliphatic rings. The molecule has 0 heterocycles. The molecule has 0 saturated heterocycles. The number of carbonyl (C=O) groups is 1. The van der Waals surface area contributed by atoms with Crippen molar-refractivity contribution in [3.8, 4) is 11.1 Å². The molecule has 0 radical (unpaired) electrons. The lowest BCUT2D eigenvalue weighted by atomic mass is 9.98. The molecule has 21 heavy (non-hydrogen) atoms. The van der Waals surface area contributed by atoms with Crippen molar-refractivity contribution in [1.82, 2.24) is 0 Å². The van der Waals surface area contributed by atoms with Crippen LogP contribution in [0.4, 0.5) is 0 Å². The van der Waals surface area contributed by atoms with Crippen molar-refractivity contribution in [3.05, 3.63) is 58.7 Å². The minimum Gasteiger partial charge on any atom is -0.463 e. The Hall–Kier alpha value is -2.09. The van der Waals surface area contributed by atoms with Crippen LogP contribution in [0.5, 0.6) is 0 Å². The Bertz CT molecular complexity index is 659. The lowest BCUT2D eigenvalue weighted by molar-refractivity contribution is -0.129. The van der Waals surface area contributed by atoms with Gasteiger partial charge in [-0.2, -0.15) is 0 Å². The van der Waals surface area contributed by atoms with Gasteiger partial charge in [0.25, 0.3) is 6.47 Å². The topological polar surface area (TPSA) is 26.3 Å². The van der Waals surface area contributed by atoms with Crippen molar-refractivity contribution in [2.45, 2.75) is 39.2 Å². The van der Waals surface area contributed by atoms with Crippen molar-refractivity contribution in [3.63, 3.8) is 0 Å². The van der Waals surface area contributed by atoms with E-state index in [9.17, 15) is 4.79 Å². The molecular formula is C19H20O2. The standard InChI is InChI=1S/C19H20O2/c1-2-3-5-14-8-9-18-17(10-14)11-15-6-4-7-16(19(15)18)12-21-13-20/h4,6-10,13H,2-3,5,11-12H2,1H3. The van der Waals surface area contributed by atoms with Gasteiger partial charge in [0.05, 0.1) is 0 Å². The summed E-state index contributed by atoms with van der Waals surface area (Å²) in [4.78, 5) is 10.4. The number of unbranched alkanes of at least 4 members (excludes halogenated alkanes) is 1. The predicted octanol–water partition coefficient (Wildman–Crippen LogP) is 4.27. The molecule has 2 aromatic carbocycles. The molecule has 108 valence electrons. The van der Waals surface area contributed by atoms with Crippen LogP contribution in [0.25, 0.3) is 11.1 Å². The van der Waals surface area contributed by atoms with E-state index in [1.807, 2.05) is 12.1 Å². The van der Waals surface area contributed by atoms with Gasteiger partial charge >= 0.3 is 0 Å². The Labute approximate surface area is 125 Å². The van der Waals surface area contributed by atoms with Gasteiger partial charge in [-0.15, -0.1) is 0 Å². The molecular weight excluding hydrogens is 260 g/mol. The third kappa shape index (κ3) is 2.71. The maximum Gasteiger partial charge on any atom is 0.293 e. The summed E-state index contributed by atoms with van der Waals surface area (Å²) >= 11 is 0. The molecule has 0 atom stereocenters. The van der Waals surface area contributed by atoms with Gasteiger partial charge in [0.2, 0.25) is 0 Å². The lowest BCUT2D eigenvalue weighted by Gasteiger charge is -2.09. The summed E-state index contributed by atoms with van der Waals surface area (Å²) in [6.45, 7) is 3.09. The fourth-order valence-electron chi connectivity index (χ4n) is 3.17. The second-order valence-corrected chi connectivity index (χ2v) is 5.63. The third-order valence-electron chi connectivity index (χ3n) is 4.18. The van der Waals surface area contributed by atoms with E-state index in [-0.39, 0.29) is 0 Å². The van der Waals surface area contributed by atoms with E-state index in [1.54, 1.807) is 0 Å². The zero-order valence-corrected chi connectivity index (χ0v) is 12.4. The maximum atomic E-state index is 10.4. The van der Waals surface area contributed by atoms with E-state index in [1.165, 1.54) is 40.7 Å². The van der Waals surface area contributed by atoms with Crippen LogP contribution >= 0.6 is 0 Å². The van der Waals surface area contributed by atoms with Crippen LogP contribution < -0.4 is 0 Å². The first-order valence-corrected chi connectivity index (χ1v) is 7.61. The van der Waals surface area contributed by atoms with E-state index < -0.39 is 0 Å². The van der Waals surface area contributed by atoms with Gasteiger partial charge in [-0.05, 0) is 52.6 Å². The van der Waals surface area contributed by atoms with Crippen LogP contribution in [0.1, 0.15) is 42.0 Å². The minimum absolute atomic E-state index is 0.351. The highest BCUT2D eigenvalue weighted by Gasteiger charge is 2.21. The molecule has 2 heteroatoms. The summed E-state index contributed by atoms with van der Waals surface area (Å²) in [6.07, 6.45) is 4.61. The van der Waals surface area contributed by atoms with Crippen LogP contribution in [-0.2, 0) is 29.0 Å². The highest BCUT2D eigenvalue weighted by atomic mass is 16.5. The molecule has 3 rings (SSSR count). The number of hydrogen-bond donors (Lipinski definition) is 0. The molecule has 0 aromatic heterocycles. The SMILES string of the molecule is CCCCc1ccc2c(c1)Cc1cccc(COC=O)c1-2. The van der Waals surface area contributed by atoms with Gasteiger partial charge in [-0.25, -0.2) is 0 Å². The van der Waals surface area contributed by atoms with Crippen molar-refractivity contribution < 1.29 is 9.53 Å². The fraction of sp³-hybridized carbons (Fsp3) is 0.316. The summed E-state index contributed by atoms with van der Waals surface area (Å²) in [7, 11) is 0. The van der Waals surface area contributed by atoms with E-state index in [0.717, 1.165) is 18.4 Å². The first-order chi connectivity index (χ1) is 10.3. The molecule has 0 saturated carbocycles. The molecule has 0 bridgehead atoms. The summed E-state index contributed by atoms with van der Waals surface area (Å²) in [5, 5.41) is 0. The van der Waals surface area contributed by atoms with Gasteiger partial charge in [-0.1, -0.05) is 49.7 Å². The molecule has 2 nitrogen and oxygen atoms in total. The van der Waals surface area contributed by atoms with Gasteiger partial charge in [0, 0.05) is 0 Å². The Balaban J connectivity index is 1.95. The first kappa shape index (κ1) is 13.9. The number of hydrogen-bond acceptors (Lipinski definition) is 2. The van der Waals surface area contributed by atoms with Gasteiger partial charge in [0.1, 0.15) is 6.61 Å². The smallest absolute Gasteiger partial charge is 0.293 e. The number of rotatable bonds is 6. The van der Waals surface area contributed by atoms with E-state index in [2.05, 4.69) is 31.2 Å². The fourth-order valence-corrected chi connectivity index (χ4v) is 3.17. The highest BCUT2D eigenvalue weighted by molar-refractivity contribution is 5.79. The van der Waals surface area contributed by atoms with Crippen molar-refractivity contribution >= 4 is 6.47 Å². The zero-order chi connectivity index (χ0) is 14.7.